The first-order valence-electron chi connectivity index (χ1n) is 7.40. The minimum Gasteiger partial charge on any atom is -0.343 e. The number of thiophene rings is 1. The number of benzene rings is 1. The molecule has 0 radical (unpaired) electrons. The molecule has 1 fully saturated rings. The summed E-state index contributed by atoms with van der Waals surface area (Å²) >= 11 is 7.54. The summed E-state index contributed by atoms with van der Waals surface area (Å²) in [5.41, 5.74) is 1.99. The Hall–Kier alpha value is -1.85. The van der Waals surface area contributed by atoms with Crippen LogP contribution >= 0.6 is 22.9 Å². The van der Waals surface area contributed by atoms with Gasteiger partial charge in [-0.25, -0.2) is 0 Å². The molecule has 1 aliphatic heterocycles. The van der Waals surface area contributed by atoms with Crippen LogP contribution in [0.4, 0.5) is 0 Å². The van der Waals surface area contributed by atoms with Gasteiger partial charge in [-0.15, -0.1) is 0 Å². The topological polar surface area (TPSA) is 49.4 Å². The molecule has 1 aliphatic rings. The maximum absolute atomic E-state index is 12.6. The van der Waals surface area contributed by atoms with E-state index >= 15 is 0 Å². The fourth-order valence-corrected chi connectivity index (χ4v) is 3.62. The third kappa shape index (κ3) is 3.41. The summed E-state index contributed by atoms with van der Waals surface area (Å²) < 4.78 is 0. The minimum absolute atomic E-state index is 0.0173. The van der Waals surface area contributed by atoms with Gasteiger partial charge in [0, 0.05) is 18.5 Å². The molecule has 4 nitrogen and oxygen atoms in total. The Morgan fingerprint density at radius 1 is 1.30 bits per heavy atom. The smallest absolute Gasteiger partial charge is 0.243 e. The van der Waals surface area contributed by atoms with Crippen LogP contribution in [0, 0.1) is 0 Å². The van der Waals surface area contributed by atoms with Crippen LogP contribution in [0.15, 0.2) is 41.1 Å². The SMILES string of the molecule is CN1C(=O)CC[C@@H]1C(=O)N[C@H](c1ccc(Cl)cc1)c1ccsc1. The molecule has 1 aromatic carbocycles. The molecule has 2 heterocycles. The highest BCUT2D eigenvalue weighted by molar-refractivity contribution is 7.08. The summed E-state index contributed by atoms with van der Waals surface area (Å²) in [4.78, 5) is 25.8. The molecule has 2 amide bonds. The number of nitrogens with one attached hydrogen (secondary N) is 1. The third-order valence-electron chi connectivity index (χ3n) is 4.16. The van der Waals surface area contributed by atoms with Crippen LogP contribution in [0.1, 0.15) is 30.0 Å². The van der Waals surface area contributed by atoms with Crippen LogP contribution in [0.25, 0.3) is 0 Å². The number of nitrogens with zero attached hydrogens (tertiary/aromatic N) is 1. The molecule has 2 aromatic rings. The zero-order valence-electron chi connectivity index (χ0n) is 12.7. The normalized spacial score (nSPS) is 19.0. The van der Waals surface area contributed by atoms with Gasteiger partial charge in [-0.1, -0.05) is 23.7 Å². The number of carbonyl (C=O) groups is 2. The van der Waals surface area contributed by atoms with Gasteiger partial charge in [0.25, 0.3) is 0 Å². The number of hydrogen-bond donors (Lipinski definition) is 1. The second-order valence-electron chi connectivity index (χ2n) is 5.61. The van der Waals surface area contributed by atoms with Gasteiger partial charge in [-0.05, 0) is 46.5 Å². The van der Waals surface area contributed by atoms with Crippen LogP contribution in [-0.4, -0.2) is 29.8 Å². The van der Waals surface area contributed by atoms with Gasteiger partial charge in [0.15, 0.2) is 0 Å². The Morgan fingerprint density at radius 3 is 2.61 bits per heavy atom. The summed E-state index contributed by atoms with van der Waals surface area (Å²) in [5, 5.41) is 7.74. The van der Waals surface area contributed by atoms with Crippen molar-refractivity contribution in [3.05, 3.63) is 57.2 Å². The fraction of sp³-hybridized carbons (Fsp3) is 0.294. The van der Waals surface area contributed by atoms with Gasteiger partial charge in [-0.2, -0.15) is 11.3 Å². The predicted octanol–water partition coefficient (Wildman–Crippen LogP) is 3.23. The molecule has 0 saturated carbocycles. The Kier molecular flexibility index (Phi) is 4.68. The van der Waals surface area contributed by atoms with Crippen LogP contribution in [0.5, 0.6) is 0 Å². The second-order valence-corrected chi connectivity index (χ2v) is 6.83. The van der Waals surface area contributed by atoms with Crippen molar-refractivity contribution < 1.29 is 9.59 Å². The molecule has 1 aromatic heterocycles. The first-order valence-corrected chi connectivity index (χ1v) is 8.72. The van der Waals surface area contributed by atoms with Crippen molar-refractivity contribution >= 4 is 34.8 Å². The quantitative estimate of drug-likeness (QED) is 0.922. The number of carbonyl (C=O) groups excluding carboxylic acids is 2. The first kappa shape index (κ1) is 16.0. The third-order valence-corrected chi connectivity index (χ3v) is 5.12. The molecule has 0 unspecified atom stereocenters. The highest BCUT2D eigenvalue weighted by Crippen LogP contribution is 2.26. The van der Waals surface area contributed by atoms with Crippen molar-refractivity contribution in [2.45, 2.75) is 24.9 Å². The van der Waals surface area contributed by atoms with E-state index in [1.165, 1.54) is 4.90 Å². The number of rotatable bonds is 4. The van der Waals surface area contributed by atoms with E-state index in [-0.39, 0.29) is 17.9 Å². The Labute approximate surface area is 144 Å². The van der Waals surface area contributed by atoms with E-state index in [9.17, 15) is 9.59 Å². The maximum Gasteiger partial charge on any atom is 0.243 e. The van der Waals surface area contributed by atoms with E-state index in [4.69, 9.17) is 11.6 Å². The van der Waals surface area contributed by atoms with E-state index < -0.39 is 6.04 Å². The summed E-state index contributed by atoms with van der Waals surface area (Å²) in [7, 11) is 1.68. The van der Waals surface area contributed by atoms with Gasteiger partial charge < -0.3 is 10.2 Å². The van der Waals surface area contributed by atoms with Crippen molar-refractivity contribution in [1.29, 1.82) is 0 Å². The maximum atomic E-state index is 12.6. The number of amides is 2. The van der Waals surface area contributed by atoms with E-state index in [2.05, 4.69) is 5.32 Å². The van der Waals surface area contributed by atoms with Crippen molar-refractivity contribution in [2.75, 3.05) is 7.05 Å². The molecule has 6 heteroatoms. The molecule has 0 spiro atoms. The lowest BCUT2D eigenvalue weighted by atomic mass is 10.0. The average Bonchev–Trinajstić information content (AvgIpc) is 3.17. The Morgan fingerprint density at radius 2 is 2.04 bits per heavy atom. The summed E-state index contributed by atoms with van der Waals surface area (Å²) in [6.45, 7) is 0. The van der Waals surface area contributed by atoms with Gasteiger partial charge in [0.2, 0.25) is 11.8 Å². The molecule has 2 atom stereocenters. The number of hydrogen-bond acceptors (Lipinski definition) is 3. The van der Waals surface area contributed by atoms with E-state index in [1.807, 2.05) is 41.1 Å². The van der Waals surface area contributed by atoms with Crippen LogP contribution < -0.4 is 5.32 Å². The van der Waals surface area contributed by atoms with E-state index in [1.54, 1.807) is 18.4 Å². The number of likely N-dealkylation sites (tertiary alicyclic amines) is 1. The summed E-state index contributed by atoms with van der Waals surface area (Å²) in [5.74, 6) is -0.103. The molecule has 0 aliphatic carbocycles. The standard InChI is InChI=1S/C17H17ClN2O2S/c1-20-14(6-7-15(20)21)17(22)19-16(12-8-9-23-10-12)11-2-4-13(18)5-3-11/h2-5,8-10,14,16H,6-7H2,1H3,(H,19,22)/t14-,16-/m1/s1. The largest absolute Gasteiger partial charge is 0.343 e. The average molecular weight is 349 g/mol. The van der Waals surface area contributed by atoms with E-state index in [0.29, 0.717) is 17.9 Å². The minimum atomic E-state index is -0.393. The molecule has 0 bridgehead atoms. The lowest BCUT2D eigenvalue weighted by Gasteiger charge is -2.24. The first-order chi connectivity index (χ1) is 11.1. The van der Waals surface area contributed by atoms with Gasteiger partial charge in [0.05, 0.1) is 6.04 Å². The van der Waals surface area contributed by atoms with Gasteiger partial charge >= 0.3 is 0 Å². The predicted molar refractivity (Wildman–Crippen MR) is 91.5 cm³/mol. The number of halogens is 1. The van der Waals surface area contributed by atoms with Crippen molar-refractivity contribution in [1.82, 2.24) is 10.2 Å². The van der Waals surface area contributed by atoms with Gasteiger partial charge in [-0.3, -0.25) is 9.59 Å². The van der Waals surface area contributed by atoms with Gasteiger partial charge in [0.1, 0.15) is 6.04 Å². The zero-order chi connectivity index (χ0) is 16.4. The van der Waals surface area contributed by atoms with Crippen molar-refractivity contribution in [3.8, 4) is 0 Å². The lowest BCUT2D eigenvalue weighted by Crippen LogP contribution is -2.44. The molecule has 1 saturated heterocycles. The molecule has 3 rings (SSSR count). The summed E-state index contributed by atoms with van der Waals surface area (Å²) in [6.07, 6.45) is 0.997. The molecular formula is C17H17ClN2O2S. The summed E-state index contributed by atoms with van der Waals surface area (Å²) in [6, 6.07) is 8.81. The second kappa shape index (κ2) is 6.72. The molecular weight excluding hydrogens is 332 g/mol. The van der Waals surface area contributed by atoms with Crippen molar-refractivity contribution in [2.24, 2.45) is 0 Å². The monoisotopic (exact) mass is 348 g/mol. The Balaban J connectivity index is 1.83. The molecule has 23 heavy (non-hydrogen) atoms. The number of likely N-dealkylation sites (N-methyl/N-ethyl adjacent to an activating group) is 1. The zero-order valence-corrected chi connectivity index (χ0v) is 14.2. The Bertz CT molecular complexity index is 700. The van der Waals surface area contributed by atoms with Crippen LogP contribution in [0.2, 0.25) is 5.02 Å². The van der Waals surface area contributed by atoms with Crippen LogP contribution in [0.3, 0.4) is 0 Å². The highest BCUT2D eigenvalue weighted by Gasteiger charge is 2.34. The molecule has 120 valence electrons. The fourth-order valence-electron chi connectivity index (χ4n) is 2.80. The van der Waals surface area contributed by atoms with E-state index in [0.717, 1.165) is 11.1 Å². The highest BCUT2D eigenvalue weighted by atomic mass is 35.5. The molecule has 1 N–H and O–H groups in total. The van der Waals surface area contributed by atoms with Crippen molar-refractivity contribution in [3.63, 3.8) is 0 Å². The van der Waals surface area contributed by atoms with Crippen LogP contribution in [-0.2, 0) is 9.59 Å². The lowest BCUT2D eigenvalue weighted by molar-refractivity contribution is -0.134.